The third-order valence-corrected chi connectivity index (χ3v) is 5.82. The van der Waals surface area contributed by atoms with Crippen LogP contribution in [0.5, 0.6) is 11.5 Å². The Morgan fingerprint density at radius 1 is 1.04 bits per heavy atom. The lowest BCUT2D eigenvalue weighted by Crippen LogP contribution is -2.36. The highest BCUT2D eigenvalue weighted by Crippen LogP contribution is 2.40. The molecule has 0 saturated heterocycles. The first-order valence-electron chi connectivity index (χ1n) is 9.07. The molecule has 28 heavy (non-hydrogen) atoms. The first-order valence-corrected chi connectivity index (χ1v) is 10.1. The van der Waals surface area contributed by atoms with Crippen molar-refractivity contribution in [2.24, 2.45) is 9.98 Å². The summed E-state index contributed by atoms with van der Waals surface area (Å²) in [7, 11) is 3.18. The lowest BCUT2D eigenvalue weighted by molar-refractivity contribution is -0.116. The van der Waals surface area contributed by atoms with Crippen LogP contribution < -0.4 is 9.47 Å². The van der Waals surface area contributed by atoms with Gasteiger partial charge >= 0.3 is 0 Å². The number of carbonyl (C=O) groups is 1. The fourth-order valence-electron chi connectivity index (χ4n) is 3.22. The van der Waals surface area contributed by atoms with Gasteiger partial charge in [-0.25, -0.2) is 4.99 Å². The van der Waals surface area contributed by atoms with Crippen LogP contribution in [0.2, 0.25) is 0 Å². The van der Waals surface area contributed by atoms with Crippen LogP contribution in [-0.2, 0) is 17.0 Å². The fraction of sp³-hybridized carbons (Fsp3) is 0.286. The molecule has 0 atom stereocenters. The summed E-state index contributed by atoms with van der Waals surface area (Å²) in [5, 5.41) is 0.767. The van der Waals surface area contributed by atoms with E-state index in [1.54, 1.807) is 26.0 Å². The summed E-state index contributed by atoms with van der Waals surface area (Å²) in [6.07, 6.45) is 1.03. The molecule has 2 heterocycles. The van der Waals surface area contributed by atoms with Crippen molar-refractivity contribution < 1.29 is 14.3 Å². The third kappa shape index (κ3) is 3.38. The van der Waals surface area contributed by atoms with Crippen molar-refractivity contribution in [3.05, 3.63) is 53.1 Å². The fourth-order valence-corrected chi connectivity index (χ4v) is 4.18. The molecule has 0 saturated carbocycles. The van der Waals surface area contributed by atoms with Crippen LogP contribution in [0.1, 0.15) is 23.6 Å². The van der Waals surface area contributed by atoms with Gasteiger partial charge in [-0.05, 0) is 23.6 Å². The van der Waals surface area contributed by atoms with E-state index in [0.717, 1.165) is 28.6 Å². The van der Waals surface area contributed by atoms with Crippen molar-refractivity contribution in [2.45, 2.75) is 19.1 Å². The molecule has 144 valence electrons. The van der Waals surface area contributed by atoms with Gasteiger partial charge in [0, 0.05) is 17.4 Å². The van der Waals surface area contributed by atoms with Crippen molar-refractivity contribution in [2.75, 3.05) is 20.8 Å². The Kier molecular flexibility index (Phi) is 5.09. The molecular weight excluding hydrogens is 374 g/mol. The first kappa shape index (κ1) is 18.6. The molecule has 0 aromatic heterocycles. The number of carbonyl (C=O) groups excluding carboxylic acids is 1. The second kappa shape index (κ2) is 7.67. The number of thioether (sulfide) groups is 1. The quantitative estimate of drug-likeness (QED) is 0.771. The molecule has 0 aliphatic carbocycles. The van der Waals surface area contributed by atoms with Crippen LogP contribution in [0.4, 0.5) is 5.69 Å². The molecule has 6 nitrogen and oxygen atoms in total. The number of amidine groups is 2. The maximum atomic E-state index is 12.0. The Balaban J connectivity index is 1.66. The molecule has 4 rings (SSSR count). The van der Waals surface area contributed by atoms with Crippen LogP contribution in [-0.4, -0.2) is 42.6 Å². The van der Waals surface area contributed by atoms with E-state index in [-0.39, 0.29) is 12.5 Å². The number of rotatable bonds is 5. The van der Waals surface area contributed by atoms with Crippen LogP contribution in [0, 0.1) is 0 Å². The molecule has 2 aromatic rings. The van der Waals surface area contributed by atoms with Gasteiger partial charge in [-0.2, -0.15) is 4.99 Å². The third-order valence-electron chi connectivity index (χ3n) is 4.77. The number of benzene rings is 2. The Labute approximate surface area is 168 Å². The minimum Gasteiger partial charge on any atom is -0.493 e. The number of ether oxygens (including phenoxy) is 2. The van der Waals surface area contributed by atoms with Crippen molar-refractivity contribution >= 4 is 34.4 Å². The number of fused-ring (bicyclic) bond motifs is 3. The summed E-state index contributed by atoms with van der Waals surface area (Å²) in [5.74, 6) is 2.41. The summed E-state index contributed by atoms with van der Waals surface area (Å²) in [5.41, 5.74) is 4.04. The lowest BCUT2D eigenvalue weighted by atomic mass is 10.1. The topological polar surface area (TPSA) is 63.5 Å². The van der Waals surface area contributed by atoms with Crippen LogP contribution in [0.25, 0.3) is 0 Å². The molecule has 0 radical (unpaired) electrons. The van der Waals surface area contributed by atoms with Gasteiger partial charge in [0.25, 0.3) is 5.91 Å². The van der Waals surface area contributed by atoms with Crippen LogP contribution in [0.3, 0.4) is 0 Å². The zero-order valence-electron chi connectivity index (χ0n) is 16.1. The monoisotopic (exact) mass is 395 g/mol. The molecule has 2 aliphatic heterocycles. The second-order valence-electron chi connectivity index (χ2n) is 6.49. The molecule has 0 fully saturated rings. The van der Waals surface area contributed by atoms with Crippen molar-refractivity contribution in [3.63, 3.8) is 0 Å². The first-order chi connectivity index (χ1) is 13.6. The smallest absolute Gasteiger partial charge is 0.267 e. The number of hydrogen-bond donors (Lipinski definition) is 0. The average Bonchev–Trinajstić information content (AvgIpc) is 3.13. The van der Waals surface area contributed by atoms with Gasteiger partial charge in [-0.3, -0.25) is 9.69 Å². The van der Waals surface area contributed by atoms with Gasteiger partial charge in [-0.1, -0.05) is 43.0 Å². The molecule has 0 bridgehead atoms. The van der Waals surface area contributed by atoms with E-state index in [1.165, 1.54) is 11.1 Å². The minimum atomic E-state index is -0.168. The molecule has 2 aliphatic rings. The maximum Gasteiger partial charge on any atom is 0.267 e. The molecule has 0 N–H and O–H groups in total. The Morgan fingerprint density at radius 2 is 1.71 bits per heavy atom. The van der Waals surface area contributed by atoms with Gasteiger partial charge in [0.15, 0.2) is 16.7 Å². The summed E-state index contributed by atoms with van der Waals surface area (Å²) in [6.45, 7) is 2.36. The number of amides is 1. The summed E-state index contributed by atoms with van der Waals surface area (Å²) >= 11 is 1.60. The van der Waals surface area contributed by atoms with E-state index in [1.807, 2.05) is 17.0 Å². The van der Waals surface area contributed by atoms with E-state index in [4.69, 9.17) is 14.5 Å². The Bertz CT molecular complexity index is 983. The number of aryl methyl sites for hydroxylation is 1. The Hall–Kier alpha value is -2.80. The standard InChI is InChI=1S/C21H21N3O3S/c1-4-13-5-7-14(8-6-13)12-28-21-22-16-10-18(27-3)17(26-2)9-15(16)20-23-19(25)11-24(20)21/h5-10H,4,11-12H2,1-3H3. The molecule has 2 aromatic carbocycles. The highest BCUT2D eigenvalue weighted by atomic mass is 32.2. The zero-order valence-corrected chi connectivity index (χ0v) is 16.9. The highest BCUT2D eigenvalue weighted by Gasteiger charge is 2.34. The number of aliphatic imine (C=N–C) groups is 2. The maximum absolute atomic E-state index is 12.0. The van der Waals surface area contributed by atoms with Gasteiger partial charge in [0.05, 0.1) is 19.9 Å². The summed E-state index contributed by atoms with van der Waals surface area (Å²) in [6, 6.07) is 12.2. The molecule has 7 heteroatoms. The van der Waals surface area contributed by atoms with Gasteiger partial charge in [0.2, 0.25) is 0 Å². The minimum absolute atomic E-state index is 0.168. The van der Waals surface area contributed by atoms with Crippen molar-refractivity contribution in [3.8, 4) is 11.5 Å². The van der Waals surface area contributed by atoms with E-state index >= 15 is 0 Å². The number of hydrogen-bond acceptors (Lipinski definition) is 6. The highest BCUT2D eigenvalue weighted by molar-refractivity contribution is 8.13. The average molecular weight is 395 g/mol. The molecular formula is C21H21N3O3S. The van der Waals surface area contributed by atoms with E-state index in [9.17, 15) is 4.79 Å². The summed E-state index contributed by atoms with van der Waals surface area (Å²) in [4.78, 5) is 22.9. The van der Waals surface area contributed by atoms with E-state index in [2.05, 4.69) is 36.2 Å². The largest absolute Gasteiger partial charge is 0.493 e. The van der Waals surface area contributed by atoms with E-state index < -0.39 is 0 Å². The molecule has 0 unspecified atom stereocenters. The predicted molar refractivity (Wildman–Crippen MR) is 112 cm³/mol. The lowest BCUT2D eigenvalue weighted by Gasteiger charge is -2.27. The second-order valence-corrected chi connectivity index (χ2v) is 7.44. The van der Waals surface area contributed by atoms with Crippen LogP contribution in [0.15, 0.2) is 46.4 Å². The van der Waals surface area contributed by atoms with Crippen molar-refractivity contribution in [1.29, 1.82) is 0 Å². The van der Waals surface area contributed by atoms with Gasteiger partial charge in [-0.15, -0.1) is 0 Å². The SMILES string of the molecule is CCc1ccc(CSC2=Nc3cc(OC)c(OC)cc3C3=NC(=O)CN23)cc1. The Morgan fingerprint density at radius 3 is 2.39 bits per heavy atom. The van der Waals surface area contributed by atoms with Gasteiger partial charge in [0.1, 0.15) is 12.4 Å². The summed E-state index contributed by atoms with van der Waals surface area (Å²) < 4.78 is 10.8. The predicted octanol–water partition coefficient (Wildman–Crippen LogP) is 3.79. The number of methoxy groups -OCH3 is 2. The molecule has 1 amide bonds. The van der Waals surface area contributed by atoms with Crippen LogP contribution >= 0.6 is 11.8 Å². The molecule has 0 spiro atoms. The van der Waals surface area contributed by atoms with E-state index in [0.29, 0.717) is 17.3 Å². The normalized spacial score (nSPS) is 15.0. The van der Waals surface area contributed by atoms with Crippen molar-refractivity contribution in [1.82, 2.24) is 4.90 Å². The number of nitrogens with zero attached hydrogens (tertiary/aromatic N) is 3. The zero-order chi connectivity index (χ0) is 19.7. The van der Waals surface area contributed by atoms with Gasteiger partial charge < -0.3 is 9.47 Å².